The summed E-state index contributed by atoms with van der Waals surface area (Å²) >= 11 is 0. The minimum atomic E-state index is -0.315. The lowest BCUT2D eigenvalue weighted by atomic mass is 9.77. The Hall–Kier alpha value is -1.62. The molecule has 1 unspecified atom stereocenters. The Morgan fingerprint density at radius 1 is 1.53 bits per heavy atom. The van der Waals surface area contributed by atoms with Crippen molar-refractivity contribution in [2.75, 3.05) is 13.1 Å². The topological polar surface area (TPSA) is 74.0 Å². The van der Waals surface area contributed by atoms with Crippen LogP contribution in [0, 0.1) is 5.41 Å². The highest BCUT2D eigenvalue weighted by Gasteiger charge is 2.32. The molecule has 104 valence electrons. The third kappa shape index (κ3) is 3.23. The van der Waals surface area contributed by atoms with Crippen LogP contribution in [0.25, 0.3) is 0 Å². The predicted octanol–water partition coefficient (Wildman–Crippen LogP) is 0.883. The molecule has 1 aromatic rings. The second-order valence-corrected chi connectivity index (χ2v) is 5.73. The van der Waals surface area contributed by atoms with Gasteiger partial charge in [0.1, 0.15) is 5.56 Å². The summed E-state index contributed by atoms with van der Waals surface area (Å²) in [5.41, 5.74) is 0.0671. The first kappa shape index (κ1) is 13.8. The standard InChI is InChI=1S/C14H21N3O2/c1-14(2)5-3-6-16-12(14)9-17-13(19)10-8-15-7-4-11(10)18/h4,7-8,12,16H,3,5-6,9H2,1-2H3,(H,15,18)(H,17,19). The normalized spacial score (nSPS) is 21.9. The fourth-order valence-corrected chi connectivity index (χ4v) is 2.50. The van der Waals surface area contributed by atoms with E-state index in [0.29, 0.717) is 6.54 Å². The van der Waals surface area contributed by atoms with Crippen LogP contribution in [0.2, 0.25) is 0 Å². The molecule has 1 fully saturated rings. The molecule has 1 saturated heterocycles. The molecule has 0 aliphatic carbocycles. The number of hydrogen-bond acceptors (Lipinski definition) is 3. The van der Waals surface area contributed by atoms with E-state index in [1.807, 2.05) is 0 Å². The van der Waals surface area contributed by atoms with E-state index < -0.39 is 0 Å². The summed E-state index contributed by atoms with van der Waals surface area (Å²) in [5, 5.41) is 6.27. The fourth-order valence-electron chi connectivity index (χ4n) is 2.50. The van der Waals surface area contributed by atoms with Crippen LogP contribution in [0.3, 0.4) is 0 Å². The molecular weight excluding hydrogens is 242 g/mol. The van der Waals surface area contributed by atoms with Crippen LogP contribution in [0.5, 0.6) is 0 Å². The smallest absolute Gasteiger partial charge is 0.256 e. The molecular formula is C14H21N3O2. The van der Waals surface area contributed by atoms with Gasteiger partial charge in [0.25, 0.3) is 5.91 Å². The van der Waals surface area contributed by atoms with Gasteiger partial charge in [0.15, 0.2) is 5.43 Å². The average molecular weight is 263 g/mol. The van der Waals surface area contributed by atoms with Crippen LogP contribution in [0.4, 0.5) is 0 Å². The number of carbonyl (C=O) groups excluding carboxylic acids is 1. The van der Waals surface area contributed by atoms with Crippen molar-refractivity contribution in [3.8, 4) is 0 Å². The van der Waals surface area contributed by atoms with E-state index in [1.54, 1.807) is 0 Å². The van der Waals surface area contributed by atoms with Crippen molar-refractivity contribution >= 4 is 5.91 Å². The summed E-state index contributed by atoms with van der Waals surface area (Å²) < 4.78 is 0. The van der Waals surface area contributed by atoms with E-state index >= 15 is 0 Å². The van der Waals surface area contributed by atoms with Crippen molar-refractivity contribution in [2.45, 2.75) is 32.7 Å². The molecule has 1 aliphatic rings. The lowest BCUT2D eigenvalue weighted by Gasteiger charge is -2.39. The SMILES string of the molecule is CC1(C)CCCNC1CNC(=O)c1c[nH]ccc1=O. The zero-order chi connectivity index (χ0) is 13.9. The summed E-state index contributed by atoms with van der Waals surface area (Å²) in [6.45, 7) is 5.92. The van der Waals surface area contributed by atoms with Crippen LogP contribution in [0.15, 0.2) is 23.3 Å². The van der Waals surface area contributed by atoms with Gasteiger partial charge in [-0.25, -0.2) is 0 Å². The maximum absolute atomic E-state index is 12.0. The van der Waals surface area contributed by atoms with Gasteiger partial charge in [-0.15, -0.1) is 0 Å². The molecule has 3 N–H and O–H groups in total. The summed E-state index contributed by atoms with van der Waals surface area (Å²) in [5.74, 6) is -0.315. The first-order valence-corrected chi connectivity index (χ1v) is 6.69. The van der Waals surface area contributed by atoms with Crippen molar-refractivity contribution in [1.82, 2.24) is 15.6 Å². The Balaban J connectivity index is 1.97. The summed E-state index contributed by atoms with van der Waals surface area (Å²) in [4.78, 5) is 26.3. The zero-order valence-corrected chi connectivity index (χ0v) is 11.5. The predicted molar refractivity (Wildman–Crippen MR) is 74.2 cm³/mol. The van der Waals surface area contributed by atoms with Gasteiger partial charge in [-0.05, 0) is 24.8 Å². The van der Waals surface area contributed by atoms with Crippen LogP contribution >= 0.6 is 0 Å². The lowest BCUT2D eigenvalue weighted by Crippen LogP contribution is -2.53. The molecule has 5 heteroatoms. The van der Waals surface area contributed by atoms with Crippen molar-refractivity contribution in [3.05, 3.63) is 34.2 Å². The highest BCUT2D eigenvalue weighted by atomic mass is 16.2. The average Bonchev–Trinajstić information content (AvgIpc) is 2.37. The quantitative estimate of drug-likeness (QED) is 0.758. The number of aromatic amines is 1. The molecule has 1 atom stereocenters. The maximum Gasteiger partial charge on any atom is 0.256 e. The Kier molecular flexibility index (Phi) is 4.04. The molecule has 0 saturated carbocycles. The van der Waals surface area contributed by atoms with Gasteiger partial charge in [-0.1, -0.05) is 13.8 Å². The number of pyridine rings is 1. The van der Waals surface area contributed by atoms with E-state index in [4.69, 9.17) is 0 Å². The first-order valence-electron chi connectivity index (χ1n) is 6.69. The van der Waals surface area contributed by atoms with Crippen molar-refractivity contribution in [2.24, 2.45) is 5.41 Å². The fraction of sp³-hybridized carbons (Fsp3) is 0.571. The second-order valence-electron chi connectivity index (χ2n) is 5.73. The van der Waals surface area contributed by atoms with E-state index in [-0.39, 0.29) is 28.4 Å². The molecule has 1 aromatic heterocycles. The third-order valence-corrected chi connectivity index (χ3v) is 3.87. The second kappa shape index (κ2) is 5.57. The number of aromatic nitrogens is 1. The number of amides is 1. The number of rotatable bonds is 3. The van der Waals surface area contributed by atoms with Gasteiger partial charge in [0.05, 0.1) is 0 Å². The Labute approximate surface area is 112 Å². The largest absolute Gasteiger partial charge is 0.367 e. The lowest BCUT2D eigenvalue weighted by molar-refractivity contribution is 0.0927. The summed E-state index contributed by atoms with van der Waals surface area (Å²) in [6.07, 6.45) is 5.27. The van der Waals surface area contributed by atoms with Gasteiger partial charge in [-0.2, -0.15) is 0 Å². The molecule has 2 rings (SSSR count). The summed E-state index contributed by atoms with van der Waals surface area (Å²) in [6, 6.07) is 1.60. The van der Waals surface area contributed by atoms with E-state index in [0.717, 1.165) is 19.4 Å². The number of hydrogen-bond donors (Lipinski definition) is 3. The Morgan fingerprint density at radius 2 is 2.32 bits per heavy atom. The minimum Gasteiger partial charge on any atom is -0.367 e. The zero-order valence-electron chi connectivity index (χ0n) is 11.5. The Morgan fingerprint density at radius 3 is 3.00 bits per heavy atom. The number of carbonyl (C=O) groups is 1. The van der Waals surface area contributed by atoms with Crippen LogP contribution in [-0.4, -0.2) is 30.0 Å². The highest BCUT2D eigenvalue weighted by Crippen LogP contribution is 2.29. The number of piperidine rings is 1. The molecule has 0 radical (unpaired) electrons. The minimum absolute atomic E-state index is 0.161. The molecule has 0 bridgehead atoms. The molecule has 0 aromatic carbocycles. The summed E-state index contributed by atoms with van der Waals surface area (Å²) in [7, 11) is 0. The Bertz CT molecular complexity index is 507. The molecule has 1 amide bonds. The third-order valence-electron chi connectivity index (χ3n) is 3.87. The van der Waals surface area contributed by atoms with Gasteiger partial charge >= 0.3 is 0 Å². The van der Waals surface area contributed by atoms with Crippen molar-refractivity contribution in [1.29, 1.82) is 0 Å². The van der Waals surface area contributed by atoms with E-state index in [9.17, 15) is 9.59 Å². The molecule has 0 spiro atoms. The van der Waals surface area contributed by atoms with Crippen molar-refractivity contribution < 1.29 is 4.79 Å². The molecule has 2 heterocycles. The van der Waals surface area contributed by atoms with Gasteiger partial charge in [0.2, 0.25) is 0 Å². The van der Waals surface area contributed by atoms with Gasteiger partial charge in [-0.3, -0.25) is 9.59 Å². The van der Waals surface area contributed by atoms with Crippen LogP contribution in [0.1, 0.15) is 37.0 Å². The van der Waals surface area contributed by atoms with E-state index in [2.05, 4.69) is 29.5 Å². The monoisotopic (exact) mass is 263 g/mol. The molecule has 19 heavy (non-hydrogen) atoms. The van der Waals surface area contributed by atoms with E-state index in [1.165, 1.54) is 18.5 Å². The first-order chi connectivity index (χ1) is 9.00. The number of nitrogens with one attached hydrogen (secondary N) is 3. The van der Waals surface area contributed by atoms with Crippen molar-refractivity contribution in [3.63, 3.8) is 0 Å². The maximum atomic E-state index is 12.0. The van der Waals surface area contributed by atoms with Gasteiger partial charge in [0, 0.05) is 31.0 Å². The molecule has 5 nitrogen and oxygen atoms in total. The van der Waals surface area contributed by atoms with Gasteiger partial charge < -0.3 is 15.6 Å². The number of H-pyrrole nitrogens is 1. The molecule has 1 aliphatic heterocycles. The van der Waals surface area contributed by atoms with Crippen LogP contribution in [-0.2, 0) is 0 Å². The van der Waals surface area contributed by atoms with Crippen LogP contribution < -0.4 is 16.1 Å². The highest BCUT2D eigenvalue weighted by molar-refractivity contribution is 5.93.